The fourth-order valence-electron chi connectivity index (χ4n) is 2.39. The predicted molar refractivity (Wildman–Crippen MR) is 52.0 cm³/mol. The molecule has 0 amide bonds. The van der Waals surface area contributed by atoms with Crippen LogP contribution in [-0.4, -0.2) is 17.5 Å². The lowest BCUT2D eigenvalue weighted by molar-refractivity contribution is 0.209. The summed E-state index contributed by atoms with van der Waals surface area (Å²) in [7, 11) is 0. The van der Waals surface area contributed by atoms with E-state index in [1.807, 2.05) is 0 Å². The van der Waals surface area contributed by atoms with Crippen molar-refractivity contribution in [2.75, 3.05) is 6.54 Å². The van der Waals surface area contributed by atoms with E-state index in [-0.39, 0.29) is 0 Å². The molecular formula is C11H19N. The van der Waals surface area contributed by atoms with E-state index in [9.17, 15) is 0 Å². The Labute approximate surface area is 75.4 Å². The topological polar surface area (TPSA) is 3.24 Å². The zero-order valence-electron chi connectivity index (χ0n) is 7.84. The zero-order valence-corrected chi connectivity index (χ0v) is 7.84. The minimum atomic E-state index is 0.885. The van der Waals surface area contributed by atoms with Crippen molar-refractivity contribution in [1.29, 1.82) is 0 Å². The van der Waals surface area contributed by atoms with Crippen LogP contribution in [0.5, 0.6) is 0 Å². The molecule has 0 aromatic rings. The summed E-state index contributed by atoms with van der Waals surface area (Å²) in [5, 5.41) is 0. The van der Waals surface area contributed by atoms with Gasteiger partial charge in [-0.1, -0.05) is 25.3 Å². The molecule has 2 rings (SSSR count). The van der Waals surface area contributed by atoms with E-state index in [2.05, 4.69) is 17.2 Å². The van der Waals surface area contributed by atoms with E-state index in [4.69, 9.17) is 0 Å². The molecule has 1 heteroatoms. The minimum Gasteiger partial charge on any atom is -0.375 e. The minimum absolute atomic E-state index is 0.885. The van der Waals surface area contributed by atoms with Gasteiger partial charge in [-0.05, 0) is 31.9 Å². The molecule has 0 aromatic carbocycles. The number of hydrogen-bond acceptors (Lipinski definition) is 1. The number of nitrogens with zero attached hydrogens (tertiary/aromatic N) is 1. The third-order valence-electron chi connectivity index (χ3n) is 3.13. The standard InChI is InChI=1S/C11H19N/c1-3-7-11(8-4-1)12-9-5-2-6-10-12/h5,9,11H,1-4,6-8,10H2. The number of hydrogen-bond donors (Lipinski definition) is 0. The molecule has 0 spiro atoms. The van der Waals surface area contributed by atoms with E-state index in [0.29, 0.717) is 0 Å². The van der Waals surface area contributed by atoms with Crippen molar-refractivity contribution in [1.82, 2.24) is 4.90 Å². The highest BCUT2D eigenvalue weighted by Gasteiger charge is 2.18. The fourth-order valence-corrected chi connectivity index (χ4v) is 2.39. The second-order valence-corrected chi connectivity index (χ2v) is 4.06. The third-order valence-corrected chi connectivity index (χ3v) is 3.13. The summed E-state index contributed by atoms with van der Waals surface area (Å²) >= 11 is 0. The van der Waals surface area contributed by atoms with Crippen LogP contribution in [0, 0.1) is 0 Å². The third kappa shape index (κ3) is 1.82. The van der Waals surface area contributed by atoms with Gasteiger partial charge in [0.2, 0.25) is 0 Å². The molecule has 0 bridgehead atoms. The summed E-state index contributed by atoms with van der Waals surface area (Å²) in [4.78, 5) is 2.57. The van der Waals surface area contributed by atoms with Gasteiger partial charge in [-0.3, -0.25) is 0 Å². The normalized spacial score (nSPS) is 26.2. The van der Waals surface area contributed by atoms with E-state index < -0.39 is 0 Å². The summed E-state index contributed by atoms with van der Waals surface area (Å²) in [5.41, 5.74) is 0. The lowest BCUT2D eigenvalue weighted by Crippen LogP contribution is -2.34. The van der Waals surface area contributed by atoms with Crippen molar-refractivity contribution in [3.05, 3.63) is 12.3 Å². The van der Waals surface area contributed by atoms with E-state index in [1.54, 1.807) is 0 Å². The van der Waals surface area contributed by atoms with Crippen molar-refractivity contribution in [2.24, 2.45) is 0 Å². The quantitative estimate of drug-likeness (QED) is 0.577. The van der Waals surface area contributed by atoms with Gasteiger partial charge < -0.3 is 4.90 Å². The Morgan fingerprint density at radius 1 is 1.00 bits per heavy atom. The van der Waals surface area contributed by atoms with Crippen LogP contribution >= 0.6 is 0 Å². The Kier molecular flexibility index (Phi) is 2.70. The average molecular weight is 165 g/mol. The molecule has 2 aliphatic rings. The molecule has 12 heavy (non-hydrogen) atoms. The fraction of sp³-hybridized carbons (Fsp3) is 0.818. The first-order chi connectivity index (χ1) is 5.97. The first-order valence-corrected chi connectivity index (χ1v) is 5.39. The maximum atomic E-state index is 2.57. The van der Waals surface area contributed by atoms with Crippen molar-refractivity contribution >= 4 is 0 Å². The SMILES string of the molecule is C1=CN(C2CCCCC2)CCC1. The number of allylic oxidation sites excluding steroid dienone is 1. The summed E-state index contributed by atoms with van der Waals surface area (Å²) in [6.07, 6.45) is 14.6. The van der Waals surface area contributed by atoms with Crippen LogP contribution in [-0.2, 0) is 0 Å². The lowest BCUT2D eigenvalue weighted by atomic mass is 9.94. The van der Waals surface area contributed by atoms with Gasteiger partial charge in [0.1, 0.15) is 0 Å². The molecule has 1 aliphatic heterocycles. The van der Waals surface area contributed by atoms with Crippen LogP contribution in [0.15, 0.2) is 12.3 Å². The first-order valence-electron chi connectivity index (χ1n) is 5.39. The second-order valence-electron chi connectivity index (χ2n) is 4.06. The molecule has 1 fully saturated rings. The predicted octanol–water partition coefficient (Wildman–Crippen LogP) is 2.93. The van der Waals surface area contributed by atoms with Crippen LogP contribution < -0.4 is 0 Å². The van der Waals surface area contributed by atoms with E-state index >= 15 is 0 Å². The highest BCUT2D eigenvalue weighted by Crippen LogP contribution is 2.24. The van der Waals surface area contributed by atoms with Crippen molar-refractivity contribution in [2.45, 2.75) is 51.0 Å². The van der Waals surface area contributed by atoms with Gasteiger partial charge in [0.05, 0.1) is 0 Å². The molecule has 68 valence electrons. The van der Waals surface area contributed by atoms with Crippen molar-refractivity contribution < 1.29 is 0 Å². The summed E-state index contributed by atoms with van der Waals surface area (Å²) < 4.78 is 0. The van der Waals surface area contributed by atoms with Crippen LogP contribution in [0.1, 0.15) is 44.9 Å². The van der Waals surface area contributed by atoms with Gasteiger partial charge in [-0.15, -0.1) is 0 Å². The average Bonchev–Trinajstić information content (AvgIpc) is 2.21. The Balaban J connectivity index is 1.88. The Hall–Kier alpha value is -0.460. The number of rotatable bonds is 1. The maximum Gasteiger partial charge on any atom is 0.0284 e. The molecule has 1 heterocycles. The molecular weight excluding hydrogens is 146 g/mol. The van der Waals surface area contributed by atoms with E-state index in [1.165, 1.54) is 51.5 Å². The summed E-state index contributed by atoms with van der Waals surface area (Å²) in [5.74, 6) is 0. The monoisotopic (exact) mass is 165 g/mol. The van der Waals surface area contributed by atoms with E-state index in [0.717, 1.165) is 6.04 Å². The largest absolute Gasteiger partial charge is 0.375 e. The highest BCUT2D eigenvalue weighted by molar-refractivity contribution is 4.91. The van der Waals surface area contributed by atoms with Crippen LogP contribution in [0.4, 0.5) is 0 Å². The molecule has 0 radical (unpaired) electrons. The molecule has 0 unspecified atom stereocenters. The van der Waals surface area contributed by atoms with Crippen molar-refractivity contribution in [3.63, 3.8) is 0 Å². The summed E-state index contributed by atoms with van der Waals surface area (Å²) in [6.45, 7) is 1.31. The smallest absolute Gasteiger partial charge is 0.0284 e. The second kappa shape index (κ2) is 3.97. The lowest BCUT2D eigenvalue weighted by Gasteiger charge is -2.35. The Morgan fingerprint density at radius 2 is 1.83 bits per heavy atom. The van der Waals surface area contributed by atoms with Crippen LogP contribution in [0.2, 0.25) is 0 Å². The highest BCUT2D eigenvalue weighted by atomic mass is 15.1. The molecule has 0 aromatic heterocycles. The van der Waals surface area contributed by atoms with Crippen LogP contribution in [0.3, 0.4) is 0 Å². The molecule has 1 saturated carbocycles. The zero-order chi connectivity index (χ0) is 8.23. The molecule has 0 saturated heterocycles. The molecule has 1 aliphatic carbocycles. The molecule has 0 atom stereocenters. The van der Waals surface area contributed by atoms with Gasteiger partial charge in [-0.2, -0.15) is 0 Å². The van der Waals surface area contributed by atoms with Gasteiger partial charge in [0.25, 0.3) is 0 Å². The Morgan fingerprint density at radius 3 is 2.50 bits per heavy atom. The molecule has 0 N–H and O–H groups in total. The van der Waals surface area contributed by atoms with Gasteiger partial charge >= 0.3 is 0 Å². The van der Waals surface area contributed by atoms with Gasteiger partial charge in [0.15, 0.2) is 0 Å². The summed E-state index contributed by atoms with van der Waals surface area (Å²) in [6, 6.07) is 0.885. The Bertz CT molecular complexity index is 156. The maximum absolute atomic E-state index is 2.57. The van der Waals surface area contributed by atoms with Crippen molar-refractivity contribution in [3.8, 4) is 0 Å². The van der Waals surface area contributed by atoms with Crippen LogP contribution in [0.25, 0.3) is 0 Å². The molecule has 1 nitrogen and oxygen atoms in total. The van der Waals surface area contributed by atoms with Gasteiger partial charge in [0, 0.05) is 12.6 Å². The first kappa shape index (κ1) is 8.15. The van der Waals surface area contributed by atoms with Gasteiger partial charge in [-0.25, -0.2) is 0 Å².